The van der Waals surface area contributed by atoms with Crippen molar-refractivity contribution in [3.8, 4) is 5.75 Å². The average molecular weight is 323 g/mol. The van der Waals surface area contributed by atoms with Crippen LogP contribution in [0.5, 0.6) is 5.75 Å². The Labute approximate surface area is 127 Å². The molecule has 0 unspecified atom stereocenters. The van der Waals surface area contributed by atoms with E-state index in [4.69, 9.17) is 4.74 Å². The molecule has 0 saturated heterocycles. The normalized spacial score (nSPS) is 11.1. The average Bonchev–Trinajstić information content (AvgIpc) is 2.53. The maximum atomic E-state index is 12.3. The molecule has 116 valence electrons. The lowest BCUT2D eigenvalue weighted by molar-refractivity contribution is -0.385. The fourth-order valence-corrected chi connectivity index (χ4v) is 2.95. The van der Waals surface area contributed by atoms with Gasteiger partial charge < -0.3 is 4.74 Å². The molecule has 0 aliphatic carbocycles. The number of aromatic nitrogens is 1. The highest BCUT2D eigenvalue weighted by molar-refractivity contribution is 7.89. The molecule has 0 fully saturated rings. The highest BCUT2D eigenvalue weighted by Crippen LogP contribution is 2.28. The summed E-state index contributed by atoms with van der Waals surface area (Å²) >= 11 is 0. The predicted octanol–water partition coefficient (Wildman–Crippen LogP) is 1.48. The summed E-state index contributed by atoms with van der Waals surface area (Å²) < 4.78 is 32.0. The number of sulfonamides is 1. The molecule has 2 rings (SSSR count). The molecule has 0 bridgehead atoms. The van der Waals surface area contributed by atoms with Crippen molar-refractivity contribution < 1.29 is 18.1 Å². The number of methoxy groups -OCH3 is 1. The van der Waals surface area contributed by atoms with Gasteiger partial charge in [0.2, 0.25) is 10.0 Å². The molecule has 0 spiro atoms. The van der Waals surface area contributed by atoms with Crippen LogP contribution in [0.15, 0.2) is 47.6 Å². The van der Waals surface area contributed by atoms with Crippen molar-refractivity contribution >= 4 is 15.7 Å². The van der Waals surface area contributed by atoms with Gasteiger partial charge in [-0.25, -0.2) is 13.1 Å². The highest BCUT2D eigenvalue weighted by atomic mass is 32.2. The monoisotopic (exact) mass is 323 g/mol. The topological polar surface area (TPSA) is 111 Å². The third-order valence-corrected chi connectivity index (χ3v) is 4.26. The number of nitrogens with one attached hydrogen (secondary N) is 1. The third-order valence-electron chi connectivity index (χ3n) is 2.84. The van der Waals surface area contributed by atoms with Gasteiger partial charge in [0.25, 0.3) is 5.69 Å². The third kappa shape index (κ3) is 3.57. The summed E-state index contributed by atoms with van der Waals surface area (Å²) in [6, 6.07) is 6.78. The Morgan fingerprint density at radius 3 is 2.73 bits per heavy atom. The molecule has 0 radical (unpaired) electrons. The lowest BCUT2D eigenvalue weighted by Crippen LogP contribution is -2.24. The van der Waals surface area contributed by atoms with E-state index in [0.717, 1.165) is 6.07 Å². The number of nitro groups is 1. The number of rotatable bonds is 6. The molecule has 8 nitrogen and oxygen atoms in total. The van der Waals surface area contributed by atoms with Crippen LogP contribution in [0.25, 0.3) is 0 Å². The van der Waals surface area contributed by atoms with E-state index in [1.54, 1.807) is 18.3 Å². The van der Waals surface area contributed by atoms with Gasteiger partial charge in [-0.15, -0.1) is 0 Å². The van der Waals surface area contributed by atoms with E-state index >= 15 is 0 Å². The first kappa shape index (κ1) is 15.9. The summed E-state index contributed by atoms with van der Waals surface area (Å²) in [6.45, 7) is 0.0159. The van der Waals surface area contributed by atoms with Crippen LogP contribution in [0.4, 0.5) is 5.69 Å². The predicted molar refractivity (Wildman–Crippen MR) is 77.9 cm³/mol. The zero-order valence-electron chi connectivity index (χ0n) is 11.6. The van der Waals surface area contributed by atoms with Gasteiger partial charge in [-0.2, -0.15) is 0 Å². The van der Waals surface area contributed by atoms with Crippen molar-refractivity contribution in [1.82, 2.24) is 9.71 Å². The van der Waals surface area contributed by atoms with E-state index in [9.17, 15) is 18.5 Å². The van der Waals surface area contributed by atoms with Crippen molar-refractivity contribution in [2.45, 2.75) is 11.4 Å². The van der Waals surface area contributed by atoms with Gasteiger partial charge in [0.1, 0.15) is 10.6 Å². The van der Waals surface area contributed by atoms with Crippen molar-refractivity contribution in [3.05, 3.63) is 58.4 Å². The fourth-order valence-electron chi connectivity index (χ4n) is 1.75. The van der Waals surface area contributed by atoms with Gasteiger partial charge in [-0.1, -0.05) is 6.07 Å². The van der Waals surface area contributed by atoms with E-state index < -0.39 is 14.9 Å². The maximum Gasteiger partial charge on any atom is 0.271 e. The van der Waals surface area contributed by atoms with Gasteiger partial charge in [0.05, 0.1) is 12.0 Å². The van der Waals surface area contributed by atoms with Crippen LogP contribution >= 0.6 is 0 Å². The van der Waals surface area contributed by atoms with E-state index in [-0.39, 0.29) is 22.9 Å². The number of nitrogens with zero attached hydrogens (tertiary/aromatic N) is 2. The van der Waals surface area contributed by atoms with Crippen LogP contribution in [-0.4, -0.2) is 25.4 Å². The second-order valence-corrected chi connectivity index (χ2v) is 6.01. The van der Waals surface area contributed by atoms with Crippen molar-refractivity contribution in [3.63, 3.8) is 0 Å². The Balaban J connectivity index is 2.31. The van der Waals surface area contributed by atoms with Crippen LogP contribution in [0.2, 0.25) is 0 Å². The molecular formula is C13H13N3O5S. The second kappa shape index (κ2) is 6.50. The SMILES string of the molecule is COc1ccc([N+](=O)[O-])cc1S(=O)(=O)NCc1cccnc1. The van der Waals surface area contributed by atoms with Crippen LogP contribution in [0, 0.1) is 10.1 Å². The Morgan fingerprint density at radius 1 is 1.36 bits per heavy atom. The number of hydrogen-bond donors (Lipinski definition) is 1. The van der Waals surface area contributed by atoms with Gasteiger partial charge in [0.15, 0.2) is 0 Å². The van der Waals surface area contributed by atoms with E-state index in [2.05, 4.69) is 9.71 Å². The largest absolute Gasteiger partial charge is 0.495 e. The molecule has 1 N–H and O–H groups in total. The standard InChI is InChI=1S/C13H13N3O5S/c1-21-12-5-4-11(16(17)18)7-13(12)22(19,20)15-9-10-3-2-6-14-8-10/h2-8,15H,9H2,1H3. The summed E-state index contributed by atoms with van der Waals surface area (Å²) in [5.41, 5.74) is 0.332. The van der Waals surface area contributed by atoms with Gasteiger partial charge >= 0.3 is 0 Å². The van der Waals surface area contributed by atoms with Gasteiger partial charge in [0, 0.05) is 31.1 Å². The molecule has 0 atom stereocenters. The first-order valence-corrected chi connectivity index (χ1v) is 7.63. The summed E-state index contributed by atoms with van der Waals surface area (Å²) in [6.07, 6.45) is 3.09. The lowest BCUT2D eigenvalue weighted by atomic mass is 10.3. The van der Waals surface area contributed by atoms with Crippen molar-refractivity contribution in [1.29, 1.82) is 0 Å². The molecule has 9 heteroatoms. The molecule has 0 amide bonds. The fraction of sp³-hybridized carbons (Fsp3) is 0.154. The number of benzene rings is 1. The van der Waals surface area contributed by atoms with Crippen molar-refractivity contribution in [2.75, 3.05) is 7.11 Å². The molecule has 22 heavy (non-hydrogen) atoms. The number of ether oxygens (including phenoxy) is 1. The van der Waals surface area contributed by atoms with Crippen LogP contribution < -0.4 is 9.46 Å². The van der Waals surface area contributed by atoms with Gasteiger partial charge in [-0.05, 0) is 17.7 Å². The number of hydrogen-bond acceptors (Lipinski definition) is 6. The number of non-ortho nitro benzene ring substituents is 1. The molecule has 0 aliphatic rings. The Hall–Kier alpha value is -2.52. The lowest BCUT2D eigenvalue weighted by Gasteiger charge is -2.10. The Morgan fingerprint density at radius 2 is 2.14 bits per heavy atom. The molecule has 0 aliphatic heterocycles. The minimum Gasteiger partial charge on any atom is -0.495 e. The molecule has 1 aromatic carbocycles. The van der Waals surface area contributed by atoms with Crippen LogP contribution in [0.3, 0.4) is 0 Å². The molecule has 2 aromatic rings. The number of nitro benzene ring substituents is 1. The van der Waals surface area contributed by atoms with Gasteiger partial charge in [-0.3, -0.25) is 15.1 Å². The van der Waals surface area contributed by atoms with E-state index in [1.807, 2.05) is 0 Å². The summed E-state index contributed by atoms with van der Waals surface area (Å²) in [5.74, 6) is 0.0317. The Kier molecular flexibility index (Phi) is 4.68. The molecule has 1 heterocycles. The summed E-state index contributed by atoms with van der Waals surface area (Å²) in [7, 11) is -2.67. The van der Waals surface area contributed by atoms with Crippen molar-refractivity contribution in [2.24, 2.45) is 0 Å². The first-order chi connectivity index (χ1) is 10.4. The Bertz CT molecular complexity index is 778. The molecule has 0 saturated carbocycles. The van der Waals surface area contributed by atoms with Crippen LogP contribution in [0.1, 0.15) is 5.56 Å². The highest BCUT2D eigenvalue weighted by Gasteiger charge is 2.22. The molecule has 1 aromatic heterocycles. The second-order valence-electron chi connectivity index (χ2n) is 4.28. The smallest absolute Gasteiger partial charge is 0.271 e. The zero-order valence-corrected chi connectivity index (χ0v) is 12.4. The van der Waals surface area contributed by atoms with E-state index in [0.29, 0.717) is 5.56 Å². The summed E-state index contributed by atoms with van der Waals surface area (Å²) in [5, 5.41) is 10.8. The summed E-state index contributed by atoms with van der Waals surface area (Å²) in [4.78, 5) is 13.7. The minimum absolute atomic E-state index is 0.0159. The maximum absolute atomic E-state index is 12.3. The van der Waals surface area contributed by atoms with Crippen LogP contribution in [-0.2, 0) is 16.6 Å². The quantitative estimate of drug-likeness (QED) is 0.636. The number of pyridine rings is 1. The zero-order chi connectivity index (χ0) is 16.2. The molecular weight excluding hydrogens is 310 g/mol. The minimum atomic E-state index is -3.96. The first-order valence-electron chi connectivity index (χ1n) is 6.15. The van der Waals surface area contributed by atoms with E-state index in [1.165, 1.54) is 25.4 Å².